The lowest BCUT2D eigenvalue weighted by molar-refractivity contribution is -0.119. The number of nitrogens with one attached hydrogen (secondary N) is 1. The molecule has 2 aromatic heterocycles. The number of aromatic nitrogens is 3. The molecule has 3 aromatic rings. The van der Waals surface area contributed by atoms with Crippen LogP contribution in [0.1, 0.15) is 50.7 Å². The number of thiophene rings is 1. The normalized spacial score (nSPS) is 10.6. The number of esters is 2. The van der Waals surface area contributed by atoms with Gasteiger partial charge in [-0.25, -0.2) is 14.3 Å². The molecule has 1 amide bonds. The van der Waals surface area contributed by atoms with E-state index in [1.807, 2.05) is 44.2 Å². The van der Waals surface area contributed by atoms with Crippen molar-refractivity contribution in [1.29, 1.82) is 0 Å². The quantitative estimate of drug-likeness (QED) is 0.492. The number of aryl methyl sites for hydroxylation is 1. The smallest absolute Gasteiger partial charge is 0.361 e. The zero-order valence-corrected chi connectivity index (χ0v) is 18.9. The van der Waals surface area contributed by atoms with E-state index in [1.54, 1.807) is 6.92 Å². The summed E-state index contributed by atoms with van der Waals surface area (Å²) in [5, 5.41) is 10.8. The molecule has 0 spiro atoms. The van der Waals surface area contributed by atoms with E-state index in [2.05, 4.69) is 15.6 Å². The molecule has 9 nitrogen and oxygen atoms in total. The zero-order valence-electron chi connectivity index (χ0n) is 18.1. The van der Waals surface area contributed by atoms with Gasteiger partial charge in [0.1, 0.15) is 5.00 Å². The number of nitrogens with zero attached hydrogens (tertiary/aromatic N) is 3. The Morgan fingerprint density at radius 1 is 1.09 bits per heavy atom. The van der Waals surface area contributed by atoms with E-state index < -0.39 is 24.5 Å². The molecule has 1 aromatic carbocycles. The van der Waals surface area contributed by atoms with Crippen LogP contribution in [0.25, 0.3) is 0 Å². The molecule has 1 N–H and O–H groups in total. The van der Waals surface area contributed by atoms with E-state index in [-0.39, 0.29) is 12.3 Å². The van der Waals surface area contributed by atoms with Crippen LogP contribution in [0.2, 0.25) is 0 Å². The second kappa shape index (κ2) is 10.7. The van der Waals surface area contributed by atoms with Crippen molar-refractivity contribution in [3.05, 3.63) is 63.8 Å². The van der Waals surface area contributed by atoms with Gasteiger partial charge in [0.15, 0.2) is 12.3 Å². The first-order valence-electron chi connectivity index (χ1n) is 10.1. The molecule has 0 aliphatic carbocycles. The lowest BCUT2D eigenvalue weighted by atomic mass is 10.1. The van der Waals surface area contributed by atoms with Crippen LogP contribution < -0.4 is 5.32 Å². The Labute approximate surface area is 189 Å². The van der Waals surface area contributed by atoms with Crippen LogP contribution in [0, 0.1) is 6.92 Å². The van der Waals surface area contributed by atoms with Crippen molar-refractivity contribution in [3.63, 3.8) is 0 Å². The van der Waals surface area contributed by atoms with E-state index >= 15 is 0 Å². The third kappa shape index (κ3) is 5.58. The van der Waals surface area contributed by atoms with Crippen LogP contribution in [0.5, 0.6) is 0 Å². The molecular formula is C22H24N4O5S. The highest BCUT2D eigenvalue weighted by Crippen LogP contribution is 2.34. The molecule has 168 valence electrons. The third-order valence-corrected chi connectivity index (χ3v) is 5.63. The predicted octanol–water partition coefficient (Wildman–Crippen LogP) is 3.23. The Hall–Kier alpha value is -3.53. The van der Waals surface area contributed by atoms with Gasteiger partial charge in [0, 0.05) is 4.88 Å². The maximum atomic E-state index is 12.4. The van der Waals surface area contributed by atoms with Crippen molar-refractivity contribution >= 4 is 34.2 Å². The minimum absolute atomic E-state index is 0.00109. The Kier molecular flexibility index (Phi) is 7.72. The zero-order chi connectivity index (χ0) is 23.1. The molecule has 3 rings (SSSR count). The summed E-state index contributed by atoms with van der Waals surface area (Å²) in [4.78, 5) is 37.9. The van der Waals surface area contributed by atoms with Crippen molar-refractivity contribution in [2.45, 2.75) is 33.7 Å². The topological polar surface area (TPSA) is 112 Å². The molecule has 0 aliphatic heterocycles. The standard InChI is InChI=1S/C22H24N4O5S/c1-4-16-14(3)32-20(19(16)22(29)30-5-2)23-18(27)13-31-21(28)17-12-26(25-24-17)11-15-9-7-6-8-10-15/h6-10,12H,4-5,11,13H2,1-3H3,(H,23,27). The molecule has 0 fully saturated rings. The summed E-state index contributed by atoms with van der Waals surface area (Å²) < 4.78 is 11.7. The molecule has 0 radical (unpaired) electrons. The van der Waals surface area contributed by atoms with Crippen molar-refractivity contribution in [1.82, 2.24) is 15.0 Å². The van der Waals surface area contributed by atoms with E-state index in [1.165, 1.54) is 22.2 Å². The van der Waals surface area contributed by atoms with E-state index in [0.29, 0.717) is 23.5 Å². The summed E-state index contributed by atoms with van der Waals surface area (Å²) >= 11 is 1.28. The third-order valence-electron chi connectivity index (χ3n) is 4.56. The highest BCUT2D eigenvalue weighted by molar-refractivity contribution is 7.16. The van der Waals surface area contributed by atoms with Gasteiger partial charge in [-0.05, 0) is 31.4 Å². The lowest BCUT2D eigenvalue weighted by Crippen LogP contribution is -2.22. The summed E-state index contributed by atoms with van der Waals surface area (Å²) in [7, 11) is 0. The number of hydrogen-bond acceptors (Lipinski definition) is 8. The fraction of sp³-hybridized carbons (Fsp3) is 0.318. The number of ether oxygens (including phenoxy) is 2. The Morgan fingerprint density at radius 3 is 2.53 bits per heavy atom. The summed E-state index contributed by atoms with van der Waals surface area (Å²) in [5.41, 5.74) is 2.18. The fourth-order valence-corrected chi connectivity index (χ4v) is 4.27. The lowest BCUT2D eigenvalue weighted by Gasteiger charge is -2.08. The first kappa shape index (κ1) is 23.1. The SMILES string of the molecule is CCOC(=O)c1c(NC(=O)COC(=O)c2cn(Cc3ccccc3)nn2)sc(C)c1CC. The minimum Gasteiger partial charge on any atom is -0.462 e. The van der Waals surface area contributed by atoms with Crippen molar-refractivity contribution in [2.75, 3.05) is 18.5 Å². The number of anilines is 1. The average molecular weight is 457 g/mol. The Balaban J connectivity index is 1.59. The number of amides is 1. The highest BCUT2D eigenvalue weighted by Gasteiger charge is 2.24. The van der Waals surface area contributed by atoms with Crippen molar-refractivity contribution < 1.29 is 23.9 Å². The molecular weight excluding hydrogens is 432 g/mol. The maximum absolute atomic E-state index is 12.4. The van der Waals surface area contributed by atoms with Crippen molar-refractivity contribution in [2.24, 2.45) is 0 Å². The predicted molar refractivity (Wildman–Crippen MR) is 119 cm³/mol. The molecule has 2 heterocycles. The van der Waals surface area contributed by atoms with Gasteiger partial charge in [0.25, 0.3) is 5.91 Å². The number of carbonyl (C=O) groups excluding carboxylic acids is 3. The van der Waals surface area contributed by atoms with Crippen LogP contribution in [0.4, 0.5) is 5.00 Å². The van der Waals surface area contributed by atoms with Crippen LogP contribution in [0.15, 0.2) is 36.5 Å². The van der Waals surface area contributed by atoms with E-state index in [9.17, 15) is 14.4 Å². The molecule has 10 heteroatoms. The number of hydrogen-bond donors (Lipinski definition) is 1. The highest BCUT2D eigenvalue weighted by atomic mass is 32.1. The summed E-state index contributed by atoms with van der Waals surface area (Å²) in [6.07, 6.45) is 2.09. The van der Waals surface area contributed by atoms with Crippen molar-refractivity contribution in [3.8, 4) is 0 Å². The van der Waals surface area contributed by atoms with Gasteiger partial charge in [0.2, 0.25) is 0 Å². The number of carbonyl (C=O) groups is 3. The van der Waals surface area contributed by atoms with Gasteiger partial charge in [0.05, 0.1) is 24.9 Å². The summed E-state index contributed by atoms with van der Waals surface area (Å²) in [5.74, 6) is -1.82. The van der Waals surface area contributed by atoms with Crippen LogP contribution in [-0.2, 0) is 27.2 Å². The monoisotopic (exact) mass is 456 g/mol. The van der Waals surface area contributed by atoms with Gasteiger partial charge in [-0.15, -0.1) is 16.4 Å². The number of rotatable bonds is 9. The Bertz CT molecular complexity index is 1110. The molecule has 0 bridgehead atoms. The van der Waals surface area contributed by atoms with Gasteiger partial charge in [-0.2, -0.15) is 0 Å². The molecule has 32 heavy (non-hydrogen) atoms. The fourth-order valence-electron chi connectivity index (χ4n) is 3.12. The van der Waals surface area contributed by atoms with Crippen LogP contribution in [-0.4, -0.2) is 46.1 Å². The largest absolute Gasteiger partial charge is 0.462 e. The van der Waals surface area contributed by atoms with Gasteiger partial charge >= 0.3 is 11.9 Å². The number of benzene rings is 1. The van der Waals surface area contributed by atoms with Crippen LogP contribution >= 0.6 is 11.3 Å². The molecule has 0 aliphatic rings. The molecule has 0 saturated heterocycles. The second-order valence-corrected chi connectivity index (χ2v) is 8.05. The summed E-state index contributed by atoms with van der Waals surface area (Å²) in [6.45, 7) is 5.68. The first-order chi connectivity index (χ1) is 15.4. The van der Waals surface area contributed by atoms with Gasteiger partial charge in [-0.1, -0.05) is 42.5 Å². The van der Waals surface area contributed by atoms with Gasteiger partial charge < -0.3 is 14.8 Å². The maximum Gasteiger partial charge on any atom is 0.361 e. The van der Waals surface area contributed by atoms with E-state index in [0.717, 1.165) is 16.0 Å². The Morgan fingerprint density at radius 2 is 1.84 bits per heavy atom. The minimum atomic E-state index is -0.762. The van der Waals surface area contributed by atoms with Gasteiger partial charge in [-0.3, -0.25) is 4.79 Å². The molecule has 0 saturated carbocycles. The average Bonchev–Trinajstić information content (AvgIpc) is 3.36. The second-order valence-electron chi connectivity index (χ2n) is 6.83. The molecule has 0 atom stereocenters. The van der Waals surface area contributed by atoms with E-state index in [4.69, 9.17) is 9.47 Å². The van der Waals surface area contributed by atoms with Crippen LogP contribution in [0.3, 0.4) is 0 Å². The first-order valence-corrected chi connectivity index (χ1v) is 10.9. The molecule has 0 unspecified atom stereocenters. The summed E-state index contributed by atoms with van der Waals surface area (Å²) in [6, 6.07) is 9.60.